The van der Waals surface area contributed by atoms with Crippen molar-refractivity contribution in [2.75, 3.05) is 0 Å². The van der Waals surface area contributed by atoms with E-state index in [1.807, 2.05) is 24.0 Å². The summed E-state index contributed by atoms with van der Waals surface area (Å²) in [6, 6.07) is 2.03. The third-order valence-electron chi connectivity index (χ3n) is 3.20. The van der Waals surface area contributed by atoms with Gasteiger partial charge in [-0.3, -0.25) is 9.08 Å². The Morgan fingerprint density at radius 3 is 2.89 bits per heavy atom. The van der Waals surface area contributed by atoms with Crippen LogP contribution in [-0.4, -0.2) is 19.2 Å². The number of fused-ring (bicyclic) bond motifs is 1. The summed E-state index contributed by atoms with van der Waals surface area (Å²) >= 11 is 1.69. The van der Waals surface area contributed by atoms with Gasteiger partial charge in [0.1, 0.15) is 0 Å². The van der Waals surface area contributed by atoms with Gasteiger partial charge in [0.05, 0.1) is 17.1 Å². The molecular weight excluding hydrogens is 258 g/mol. The van der Waals surface area contributed by atoms with Gasteiger partial charge in [-0.15, -0.1) is 11.3 Å². The Morgan fingerprint density at radius 2 is 2.16 bits per heavy atom. The first-order valence-electron chi connectivity index (χ1n) is 6.26. The first kappa shape index (κ1) is 12.4. The molecule has 0 aliphatic carbocycles. The molecule has 0 unspecified atom stereocenters. The maximum atomic E-state index is 4.59. The fourth-order valence-electron chi connectivity index (χ4n) is 2.24. The molecule has 100 valence electrons. The van der Waals surface area contributed by atoms with E-state index in [1.165, 1.54) is 11.4 Å². The lowest BCUT2D eigenvalue weighted by Crippen LogP contribution is -2.15. The van der Waals surface area contributed by atoms with Crippen LogP contribution in [0.1, 0.15) is 22.8 Å². The topological polar surface area (TPSA) is 47.1 Å². The van der Waals surface area contributed by atoms with Crippen molar-refractivity contribution in [3.63, 3.8) is 0 Å². The number of nitrogens with zero attached hydrogens (tertiary/aromatic N) is 4. The lowest BCUT2D eigenvalue weighted by atomic mass is 10.3. The molecule has 0 atom stereocenters. The van der Waals surface area contributed by atoms with Crippen molar-refractivity contribution in [2.24, 2.45) is 7.05 Å². The lowest BCUT2D eigenvalue weighted by Gasteiger charge is -2.04. The number of nitrogens with one attached hydrogen (secondary N) is 1. The van der Waals surface area contributed by atoms with E-state index in [4.69, 9.17) is 0 Å². The third kappa shape index (κ3) is 2.29. The Kier molecular flexibility index (Phi) is 3.12. The predicted octanol–water partition coefficient (Wildman–Crippen LogP) is 2.04. The molecule has 0 aromatic carbocycles. The SMILES string of the molecule is Cc1nc2scc(C)n2c1CNCc1ccn(C)n1. The van der Waals surface area contributed by atoms with Crippen LogP contribution in [-0.2, 0) is 20.1 Å². The minimum absolute atomic E-state index is 0.775. The van der Waals surface area contributed by atoms with E-state index in [1.54, 1.807) is 11.3 Å². The molecule has 1 N–H and O–H groups in total. The van der Waals surface area contributed by atoms with E-state index >= 15 is 0 Å². The van der Waals surface area contributed by atoms with E-state index in [9.17, 15) is 0 Å². The van der Waals surface area contributed by atoms with Crippen LogP contribution in [0.3, 0.4) is 0 Å². The number of thiazole rings is 1. The van der Waals surface area contributed by atoms with Gasteiger partial charge in [-0.1, -0.05) is 0 Å². The van der Waals surface area contributed by atoms with Gasteiger partial charge < -0.3 is 5.32 Å². The standard InChI is InChI=1S/C13H17N5S/c1-9-8-19-13-15-10(2)12(18(9)13)7-14-6-11-4-5-17(3)16-11/h4-5,8,14H,6-7H2,1-3H3. The average molecular weight is 275 g/mol. The maximum absolute atomic E-state index is 4.59. The second-order valence-electron chi connectivity index (χ2n) is 4.72. The Labute approximate surface area is 115 Å². The smallest absolute Gasteiger partial charge is 0.194 e. The zero-order valence-corrected chi connectivity index (χ0v) is 12.2. The van der Waals surface area contributed by atoms with Gasteiger partial charge in [-0.2, -0.15) is 5.10 Å². The van der Waals surface area contributed by atoms with Gasteiger partial charge >= 0.3 is 0 Å². The van der Waals surface area contributed by atoms with Crippen molar-refractivity contribution < 1.29 is 0 Å². The number of hydrogen-bond acceptors (Lipinski definition) is 4. The molecule has 19 heavy (non-hydrogen) atoms. The van der Waals surface area contributed by atoms with Crippen molar-refractivity contribution in [3.8, 4) is 0 Å². The molecule has 0 bridgehead atoms. The van der Waals surface area contributed by atoms with Crippen LogP contribution in [0.25, 0.3) is 4.96 Å². The zero-order valence-electron chi connectivity index (χ0n) is 11.3. The normalized spacial score (nSPS) is 11.5. The van der Waals surface area contributed by atoms with Crippen LogP contribution < -0.4 is 5.32 Å². The van der Waals surface area contributed by atoms with Gasteiger partial charge in [0.15, 0.2) is 4.96 Å². The Morgan fingerprint density at radius 1 is 1.32 bits per heavy atom. The molecular formula is C13H17N5S. The first-order chi connectivity index (χ1) is 9.15. The van der Waals surface area contributed by atoms with Crippen LogP contribution >= 0.6 is 11.3 Å². The van der Waals surface area contributed by atoms with Crippen LogP contribution in [0.4, 0.5) is 0 Å². The van der Waals surface area contributed by atoms with E-state index in [0.717, 1.165) is 29.4 Å². The largest absolute Gasteiger partial charge is 0.305 e. The number of aryl methyl sites for hydroxylation is 3. The molecule has 0 radical (unpaired) electrons. The summed E-state index contributed by atoms with van der Waals surface area (Å²) in [7, 11) is 1.93. The van der Waals surface area contributed by atoms with Crippen LogP contribution in [0, 0.1) is 13.8 Å². The predicted molar refractivity (Wildman–Crippen MR) is 76.3 cm³/mol. The van der Waals surface area contributed by atoms with Crippen molar-refractivity contribution in [3.05, 3.63) is 40.4 Å². The van der Waals surface area contributed by atoms with Gasteiger partial charge in [0.2, 0.25) is 0 Å². The summed E-state index contributed by atoms with van der Waals surface area (Å²) in [6.45, 7) is 5.77. The molecule has 3 heterocycles. The first-order valence-corrected chi connectivity index (χ1v) is 7.14. The molecule has 3 aromatic heterocycles. The van der Waals surface area contributed by atoms with Crippen LogP contribution in [0.5, 0.6) is 0 Å². The molecule has 5 nitrogen and oxygen atoms in total. The molecule has 0 spiro atoms. The highest BCUT2D eigenvalue weighted by Crippen LogP contribution is 2.20. The molecule has 0 amide bonds. The summed E-state index contributed by atoms with van der Waals surface area (Å²) in [4.78, 5) is 5.66. The highest BCUT2D eigenvalue weighted by atomic mass is 32.1. The van der Waals surface area contributed by atoms with Gasteiger partial charge in [0, 0.05) is 37.4 Å². The minimum Gasteiger partial charge on any atom is -0.305 e. The fourth-order valence-corrected chi connectivity index (χ4v) is 3.17. The highest BCUT2D eigenvalue weighted by Gasteiger charge is 2.11. The Balaban J connectivity index is 1.74. The van der Waals surface area contributed by atoms with E-state index < -0.39 is 0 Å². The van der Waals surface area contributed by atoms with Gasteiger partial charge in [0.25, 0.3) is 0 Å². The fraction of sp³-hybridized carbons (Fsp3) is 0.385. The third-order valence-corrected chi connectivity index (χ3v) is 4.14. The van der Waals surface area contributed by atoms with Gasteiger partial charge in [-0.05, 0) is 19.9 Å². The van der Waals surface area contributed by atoms with Crippen molar-refractivity contribution >= 4 is 16.3 Å². The molecule has 3 rings (SSSR count). The molecule has 0 fully saturated rings. The van der Waals surface area contributed by atoms with Crippen LogP contribution in [0.2, 0.25) is 0 Å². The maximum Gasteiger partial charge on any atom is 0.194 e. The number of aromatic nitrogens is 4. The van der Waals surface area contributed by atoms with Crippen molar-refractivity contribution in [1.82, 2.24) is 24.5 Å². The highest BCUT2D eigenvalue weighted by molar-refractivity contribution is 7.15. The molecule has 0 saturated carbocycles. The van der Waals surface area contributed by atoms with E-state index in [2.05, 4.69) is 39.0 Å². The Bertz CT molecular complexity index is 706. The molecule has 0 aliphatic heterocycles. The molecule has 6 heteroatoms. The molecule has 0 aliphatic rings. The second kappa shape index (κ2) is 4.79. The average Bonchev–Trinajstić information content (AvgIpc) is 3.01. The van der Waals surface area contributed by atoms with E-state index in [0.29, 0.717) is 0 Å². The summed E-state index contributed by atoms with van der Waals surface area (Å²) < 4.78 is 4.05. The van der Waals surface area contributed by atoms with Gasteiger partial charge in [-0.25, -0.2) is 4.98 Å². The van der Waals surface area contributed by atoms with E-state index in [-0.39, 0.29) is 0 Å². The number of rotatable bonds is 4. The van der Waals surface area contributed by atoms with Crippen molar-refractivity contribution in [1.29, 1.82) is 0 Å². The van der Waals surface area contributed by atoms with Crippen molar-refractivity contribution in [2.45, 2.75) is 26.9 Å². The molecule has 0 saturated heterocycles. The second-order valence-corrected chi connectivity index (χ2v) is 5.56. The molecule has 3 aromatic rings. The monoisotopic (exact) mass is 275 g/mol. The zero-order chi connectivity index (χ0) is 13.4. The summed E-state index contributed by atoms with van der Waals surface area (Å²) in [5.41, 5.74) is 4.64. The summed E-state index contributed by atoms with van der Waals surface area (Å²) in [6.07, 6.45) is 1.96. The number of imidazole rings is 1. The van der Waals surface area contributed by atoms with Crippen LogP contribution in [0.15, 0.2) is 17.6 Å². The quantitative estimate of drug-likeness (QED) is 0.792. The summed E-state index contributed by atoms with van der Waals surface area (Å²) in [5, 5.41) is 9.93. The Hall–Kier alpha value is -1.66. The number of hydrogen-bond donors (Lipinski definition) is 1. The lowest BCUT2D eigenvalue weighted by molar-refractivity contribution is 0.642. The summed E-state index contributed by atoms with van der Waals surface area (Å²) in [5.74, 6) is 0. The minimum atomic E-state index is 0.775.